The van der Waals surface area contributed by atoms with Gasteiger partial charge in [0.1, 0.15) is 0 Å². The van der Waals surface area contributed by atoms with Crippen molar-refractivity contribution in [3.8, 4) is 44.5 Å². The molecule has 0 amide bonds. The molecule has 74 heavy (non-hydrogen) atoms. The zero-order valence-corrected chi connectivity index (χ0v) is 41.0. The minimum atomic E-state index is -0.567. The molecular formula is C72H52N2. The van der Waals surface area contributed by atoms with Crippen LogP contribution in [0.3, 0.4) is 0 Å². The van der Waals surface area contributed by atoms with Crippen LogP contribution in [0.4, 0.5) is 28.4 Å². The van der Waals surface area contributed by atoms with Crippen molar-refractivity contribution >= 4 is 44.8 Å². The minimum Gasteiger partial charge on any atom is -0.337 e. The fraction of sp³-hybridized carbons (Fsp3) is 0.0278. The Morgan fingerprint density at radius 2 is 0.919 bits per heavy atom. The van der Waals surface area contributed by atoms with Gasteiger partial charge in [0.15, 0.2) is 0 Å². The van der Waals surface area contributed by atoms with Gasteiger partial charge in [-0.2, -0.15) is 0 Å². The molecule has 0 fully saturated rings. The molecule has 2 nitrogen and oxygen atoms in total. The van der Waals surface area contributed by atoms with E-state index in [-0.39, 0.29) is 0 Å². The fourth-order valence-electron chi connectivity index (χ4n) is 11.6. The van der Waals surface area contributed by atoms with Gasteiger partial charge in [0, 0.05) is 40.5 Å². The van der Waals surface area contributed by atoms with Gasteiger partial charge in [-0.3, -0.25) is 0 Å². The van der Waals surface area contributed by atoms with E-state index in [1.54, 1.807) is 0 Å². The van der Waals surface area contributed by atoms with E-state index < -0.39 is 5.41 Å². The predicted molar refractivity (Wildman–Crippen MR) is 313 cm³/mol. The summed E-state index contributed by atoms with van der Waals surface area (Å²) in [5, 5.41) is 2.51. The van der Waals surface area contributed by atoms with E-state index in [4.69, 9.17) is 0 Å². The first-order valence-electron chi connectivity index (χ1n) is 25.6. The molecule has 0 unspecified atom stereocenters. The normalized spacial score (nSPS) is 14.2. The van der Waals surface area contributed by atoms with Gasteiger partial charge in [-0.25, -0.2) is 0 Å². The number of rotatable bonds is 9. The number of benzene rings is 11. The van der Waals surface area contributed by atoms with E-state index in [2.05, 4.69) is 308 Å². The molecule has 2 heteroatoms. The highest BCUT2D eigenvalue weighted by atomic mass is 15.1. The second-order valence-corrected chi connectivity index (χ2v) is 19.3. The molecular weight excluding hydrogens is 893 g/mol. The topological polar surface area (TPSA) is 6.48 Å². The van der Waals surface area contributed by atoms with Crippen molar-refractivity contribution in [3.63, 3.8) is 0 Å². The van der Waals surface area contributed by atoms with Crippen LogP contribution in [0.1, 0.15) is 27.8 Å². The van der Waals surface area contributed by atoms with Crippen LogP contribution >= 0.6 is 0 Å². The Morgan fingerprint density at radius 3 is 1.61 bits per heavy atom. The van der Waals surface area contributed by atoms with Gasteiger partial charge in [-0.15, -0.1) is 0 Å². The number of allylic oxidation sites excluding steroid dienone is 4. The molecule has 0 saturated heterocycles. The molecule has 0 bridgehead atoms. The summed E-state index contributed by atoms with van der Waals surface area (Å²) in [7, 11) is 0. The molecule has 0 aromatic heterocycles. The predicted octanol–water partition coefficient (Wildman–Crippen LogP) is 19.0. The summed E-state index contributed by atoms with van der Waals surface area (Å²) in [5.74, 6) is 0. The highest BCUT2D eigenvalue weighted by Gasteiger charge is 2.47. The molecule has 13 rings (SSSR count). The summed E-state index contributed by atoms with van der Waals surface area (Å²) < 4.78 is 0. The Balaban J connectivity index is 0.936. The third-order valence-electron chi connectivity index (χ3n) is 15.1. The number of fused-ring (bicyclic) bond motifs is 6. The van der Waals surface area contributed by atoms with Crippen LogP contribution in [0.2, 0.25) is 0 Å². The summed E-state index contributed by atoms with van der Waals surface area (Å²) in [6.45, 7) is 5.22. The number of para-hydroxylation sites is 1. The maximum Gasteiger partial charge on any atom is 0.0714 e. The first-order valence-corrected chi connectivity index (χ1v) is 25.6. The average Bonchev–Trinajstić information content (AvgIpc) is 3.81. The van der Waals surface area contributed by atoms with Crippen molar-refractivity contribution in [3.05, 3.63) is 326 Å². The van der Waals surface area contributed by atoms with E-state index in [0.717, 1.165) is 68.4 Å². The molecule has 0 N–H and O–H groups in total. The number of anilines is 5. The third kappa shape index (κ3) is 7.76. The van der Waals surface area contributed by atoms with Crippen LogP contribution in [0, 0.1) is 0 Å². The van der Waals surface area contributed by atoms with Crippen LogP contribution < -0.4 is 9.80 Å². The molecule has 1 heterocycles. The van der Waals surface area contributed by atoms with Gasteiger partial charge in [0.2, 0.25) is 0 Å². The SMILES string of the molecule is C=C1/C=C\C=C/CN(c2ccccc2)c2cc(-c3cccc(-c4ccc(N(c5ccc(-c6ccccc6)cc5)c5ccc6c(c5)C(c5ccccc5)(c5ccccc5)c5ccc7ccccc7c5-6)cc4)c3)ccc21. The first kappa shape index (κ1) is 44.4. The molecule has 2 aliphatic rings. The van der Waals surface area contributed by atoms with Crippen molar-refractivity contribution < 1.29 is 0 Å². The lowest BCUT2D eigenvalue weighted by atomic mass is 9.67. The largest absolute Gasteiger partial charge is 0.337 e. The zero-order valence-electron chi connectivity index (χ0n) is 41.0. The standard InChI is InChI=1S/C72H52N2/c1-51-20-7-6-18-47-73(61-30-14-5-15-31-61)70-49-58(37-44-65(51)70)57-25-19-24-56(48-57)54-35-41-63(42-36-54)74(62-39-33-53(34-40-62)52-21-8-2-9-22-52)64-43-45-67-69(50-64)72(59-26-10-3-11-27-59,60-28-12-4-13-29-60)68-46-38-55-23-16-17-32-66(55)71(67)68/h2-46,48-50H,1,47H2/b18-6-,20-7-. The Hall–Kier alpha value is -9.50. The highest BCUT2D eigenvalue weighted by Crippen LogP contribution is 2.59. The molecule has 1 aliphatic carbocycles. The molecule has 1 aliphatic heterocycles. The monoisotopic (exact) mass is 944 g/mol. The minimum absolute atomic E-state index is 0.567. The molecule has 0 spiro atoms. The van der Waals surface area contributed by atoms with Crippen molar-refractivity contribution in [2.45, 2.75) is 5.41 Å². The first-order chi connectivity index (χ1) is 36.6. The lowest BCUT2D eigenvalue weighted by Gasteiger charge is -2.35. The van der Waals surface area contributed by atoms with Gasteiger partial charge in [-0.05, 0) is 144 Å². The fourth-order valence-corrected chi connectivity index (χ4v) is 11.6. The van der Waals surface area contributed by atoms with Gasteiger partial charge < -0.3 is 9.80 Å². The summed E-state index contributed by atoms with van der Waals surface area (Å²) in [6.07, 6.45) is 8.50. The summed E-state index contributed by atoms with van der Waals surface area (Å²) in [6, 6.07) is 98.0. The van der Waals surface area contributed by atoms with Crippen molar-refractivity contribution in [1.82, 2.24) is 0 Å². The maximum atomic E-state index is 4.47. The van der Waals surface area contributed by atoms with Crippen LogP contribution in [0.25, 0.3) is 60.9 Å². The Labute approximate surface area is 434 Å². The zero-order chi connectivity index (χ0) is 49.4. The quantitative estimate of drug-likeness (QED) is 0.142. The van der Waals surface area contributed by atoms with E-state index >= 15 is 0 Å². The van der Waals surface area contributed by atoms with Gasteiger partial charge in [0.25, 0.3) is 0 Å². The average molecular weight is 945 g/mol. The second-order valence-electron chi connectivity index (χ2n) is 19.3. The molecule has 0 radical (unpaired) electrons. The summed E-state index contributed by atoms with van der Waals surface area (Å²) >= 11 is 0. The highest BCUT2D eigenvalue weighted by molar-refractivity contribution is 6.05. The van der Waals surface area contributed by atoms with E-state index in [1.165, 1.54) is 55.3 Å². The molecule has 11 aromatic carbocycles. The number of hydrogen-bond donors (Lipinski definition) is 0. The van der Waals surface area contributed by atoms with E-state index in [0.29, 0.717) is 0 Å². The smallest absolute Gasteiger partial charge is 0.0714 e. The van der Waals surface area contributed by atoms with Crippen molar-refractivity contribution in [2.24, 2.45) is 0 Å². The molecule has 0 atom stereocenters. The van der Waals surface area contributed by atoms with Gasteiger partial charge in [-0.1, -0.05) is 237 Å². The summed E-state index contributed by atoms with van der Waals surface area (Å²) in [4.78, 5) is 4.80. The number of nitrogens with zero attached hydrogens (tertiary/aromatic N) is 2. The second kappa shape index (κ2) is 18.9. The van der Waals surface area contributed by atoms with Gasteiger partial charge in [0.05, 0.1) is 5.41 Å². The summed E-state index contributed by atoms with van der Waals surface area (Å²) in [5.41, 5.74) is 21.7. The van der Waals surface area contributed by atoms with Crippen molar-refractivity contribution in [1.29, 1.82) is 0 Å². The van der Waals surface area contributed by atoms with Crippen molar-refractivity contribution in [2.75, 3.05) is 16.3 Å². The Morgan fingerprint density at radius 1 is 0.392 bits per heavy atom. The molecule has 350 valence electrons. The Kier molecular flexibility index (Phi) is 11.4. The van der Waals surface area contributed by atoms with Crippen LogP contribution in [0.15, 0.2) is 298 Å². The molecule has 0 saturated carbocycles. The number of hydrogen-bond acceptors (Lipinski definition) is 2. The molecule has 11 aromatic rings. The van der Waals surface area contributed by atoms with Crippen LogP contribution in [-0.4, -0.2) is 6.54 Å². The van der Waals surface area contributed by atoms with Crippen LogP contribution in [0.5, 0.6) is 0 Å². The van der Waals surface area contributed by atoms with E-state index in [1.807, 2.05) is 0 Å². The van der Waals surface area contributed by atoms with Crippen LogP contribution in [-0.2, 0) is 5.41 Å². The van der Waals surface area contributed by atoms with E-state index in [9.17, 15) is 0 Å². The lowest BCUT2D eigenvalue weighted by molar-refractivity contribution is 0.769. The third-order valence-corrected chi connectivity index (χ3v) is 15.1. The lowest BCUT2D eigenvalue weighted by Crippen LogP contribution is -2.28. The van der Waals surface area contributed by atoms with Gasteiger partial charge >= 0.3 is 0 Å². The maximum absolute atomic E-state index is 4.47. The Bertz CT molecular complexity index is 3870.